The summed E-state index contributed by atoms with van der Waals surface area (Å²) in [6.45, 7) is 2.18. The van der Waals surface area contributed by atoms with Crippen molar-refractivity contribution in [1.82, 2.24) is 14.8 Å². The van der Waals surface area contributed by atoms with E-state index in [1.807, 2.05) is 38.2 Å². The molecule has 0 aliphatic heterocycles. The van der Waals surface area contributed by atoms with Gasteiger partial charge < -0.3 is 9.84 Å². The third-order valence-electron chi connectivity index (χ3n) is 3.16. The third-order valence-corrected chi connectivity index (χ3v) is 3.16. The van der Waals surface area contributed by atoms with Crippen molar-refractivity contribution in [3.8, 4) is 5.88 Å². The first kappa shape index (κ1) is 11.9. The number of nitrogens with zero attached hydrogens (tertiary/aromatic N) is 3. The number of aliphatic hydroxyl groups excluding tert-OH is 1. The molecule has 3 rings (SSSR count). The highest BCUT2D eigenvalue weighted by Crippen LogP contribution is 2.31. The Balaban J connectivity index is 2.38. The summed E-state index contributed by atoms with van der Waals surface area (Å²) in [6, 6.07) is 7.96. The number of hydrogen-bond acceptors (Lipinski definition) is 4. The summed E-state index contributed by atoms with van der Waals surface area (Å²) in [6.07, 6.45) is 0. The fraction of sp³-hybridized carbons (Fsp3) is 0.286. The predicted octanol–water partition coefficient (Wildman–Crippen LogP) is 1.80. The average Bonchev–Trinajstić information content (AvgIpc) is 2.71. The van der Waals surface area contributed by atoms with E-state index < -0.39 is 0 Å². The quantitative estimate of drug-likeness (QED) is 0.777. The standard InChI is InChI=1S/C14H15N3O2/c1-9-12-10-5-3-4-6-11(10)14(19-8-7-18)15-13(12)17(2)16-9/h3-6,18H,7-8H2,1-2H3. The Bertz CT molecular complexity index is 749. The lowest BCUT2D eigenvalue weighted by atomic mass is 10.1. The van der Waals surface area contributed by atoms with Gasteiger partial charge >= 0.3 is 0 Å². The lowest BCUT2D eigenvalue weighted by molar-refractivity contribution is 0.198. The zero-order valence-corrected chi connectivity index (χ0v) is 10.9. The van der Waals surface area contributed by atoms with Crippen molar-refractivity contribution in [2.24, 2.45) is 7.05 Å². The normalized spacial score (nSPS) is 11.3. The van der Waals surface area contributed by atoms with Crippen LogP contribution in [0.25, 0.3) is 21.8 Å². The zero-order chi connectivity index (χ0) is 13.4. The molecule has 0 saturated heterocycles. The molecule has 0 aliphatic carbocycles. The van der Waals surface area contributed by atoms with Crippen LogP contribution in [0.15, 0.2) is 24.3 Å². The number of benzene rings is 1. The second-order valence-corrected chi connectivity index (χ2v) is 4.44. The summed E-state index contributed by atoms with van der Waals surface area (Å²) >= 11 is 0. The van der Waals surface area contributed by atoms with E-state index in [0.717, 1.165) is 27.5 Å². The van der Waals surface area contributed by atoms with Gasteiger partial charge in [-0.1, -0.05) is 18.2 Å². The van der Waals surface area contributed by atoms with Gasteiger partial charge in [0, 0.05) is 12.4 Å². The van der Waals surface area contributed by atoms with Gasteiger partial charge in [0.15, 0.2) is 5.65 Å². The molecule has 0 atom stereocenters. The summed E-state index contributed by atoms with van der Waals surface area (Å²) in [5.41, 5.74) is 1.75. The first-order valence-corrected chi connectivity index (χ1v) is 6.18. The maximum absolute atomic E-state index is 8.90. The fourth-order valence-corrected chi connectivity index (χ4v) is 2.39. The molecule has 0 unspecified atom stereocenters. The van der Waals surface area contributed by atoms with Crippen LogP contribution in [0.5, 0.6) is 5.88 Å². The molecule has 3 aromatic rings. The summed E-state index contributed by atoms with van der Waals surface area (Å²) in [7, 11) is 1.87. The molecule has 0 radical (unpaired) electrons. The highest BCUT2D eigenvalue weighted by molar-refractivity contribution is 6.08. The van der Waals surface area contributed by atoms with Crippen LogP contribution >= 0.6 is 0 Å². The summed E-state index contributed by atoms with van der Waals surface area (Å²) < 4.78 is 7.29. The fourth-order valence-electron chi connectivity index (χ4n) is 2.39. The Morgan fingerprint density at radius 1 is 1.26 bits per heavy atom. The first-order valence-electron chi connectivity index (χ1n) is 6.18. The monoisotopic (exact) mass is 257 g/mol. The maximum Gasteiger partial charge on any atom is 0.223 e. The van der Waals surface area contributed by atoms with Crippen molar-refractivity contribution >= 4 is 21.8 Å². The maximum atomic E-state index is 8.90. The lowest BCUT2D eigenvalue weighted by Gasteiger charge is -2.08. The second-order valence-electron chi connectivity index (χ2n) is 4.44. The van der Waals surface area contributed by atoms with E-state index in [1.54, 1.807) is 4.68 Å². The van der Waals surface area contributed by atoms with Crippen molar-refractivity contribution in [1.29, 1.82) is 0 Å². The number of pyridine rings is 1. The van der Waals surface area contributed by atoms with E-state index in [9.17, 15) is 0 Å². The van der Waals surface area contributed by atoms with Crippen molar-refractivity contribution in [3.05, 3.63) is 30.0 Å². The highest BCUT2D eigenvalue weighted by Gasteiger charge is 2.14. The van der Waals surface area contributed by atoms with Crippen LogP contribution in [-0.2, 0) is 7.05 Å². The van der Waals surface area contributed by atoms with E-state index in [1.165, 1.54) is 0 Å². The minimum Gasteiger partial charge on any atom is -0.475 e. The van der Waals surface area contributed by atoms with Crippen molar-refractivity contribution in [2.75, 3.05) is 13.2 Å². The Kier molecular flexibility index (Phi) is 2.83. The number of aryl methyl sites for hydroxylation is 2. The lowest BCUT2D eigenvalue weighted by Crippen LogP contribution is -2.04. The van der Waals surface area contributed by atoms with Gasteiger partial charge in [0.2, 0.25) is 5.88 Å². The molecular weight excluding hydrogens is 242 g/mol. The number of rotatable bonds is 3. The largest absolute Gasteiger partial charge is 0.475 e. The molecule has 0 saturated carbocycles. The molecule has 5 heteroatoms. The molecule has 2 aromatic heterocycles. The highest BCUT2D eigenvalue weighted by atomic mass is 16.5. The molecular formula is C14H15N3O2. The van der Waals surface area contributed by atoms with Gasteiger partial charge in [0.05, 0.1) is 17.7 Å². The van der Waals surface area contributed by atoms with Crippen LogP contribution < -0.4 is 4.74 Å². The van der Waals surface area contributed by atoms with E-state index in [-0.39, 0.29) is 13.2 Å². The van der Waals surface area contributed by atoms with E-state index in [2.05, 4.69) is 10.1 Å². The van der Waals surface area contributed by atoms with E-state index in [4.69, 9.17) is 9.84 Å². The molecule has 0 spiro atoms. The molecule has 98 valence electrons. The summed E-state index contributed by atoms with van der Waals surface area (Å²) in [4.78, 5) is 4.53. The van der Waals surface area contributed by atoms with Crippen LogP contribution in [0, 0.1) is 6.92 Å². The van der Waals surface area contributed by atoms with Crippen LogP contribution in [0.4, 0.5) is 0 Å². The SMILES string of the molecule is Cc1nn(C)c2nc(OCCO)c3ccccc3c12. The van der Waals surface area contributed by atoms with Gasteiger partial charge in [-0.25, -0.2) is 0 Å². The third kappa shape index (κ3) is 1.82. The smallest absolute Gasteiger partial charge is 0.223 e. The zero-order valence-electron chi connectivity index (χ0n) is 10.9. The van der Waals surface area contributed by atoms with Gasteiger partial charge in [0.25, 0.3) is 0 Å². The van der Waals surface area contributed by atoms with Crippen LogP contribution in [-0.4, -0.2) is 33.1 Å². The number of fused-ring (bicyclic) bond motifs is 3. The van der Waals surface area contributed by atoms with Crippen molar-refractivity contribution < 1.29 is 9.84 Å². The second kappa shape index (κ2) is 4.51. The molecule has 0 bridgehead atoms. The molecule has 19 heavy (non-hydrogen) atoms. The summed E-state index contributed by atoms with van der Waals surface area (Å²) in [5.74, 6) is 0.542. The molecule has 2 heterocycles. The van der Waals surface area contributed by atoms with Gasteiger partial charge in [0.1, 0.15) is 6.61 Å². The van der Waals surface area contributed by atoms with Gasteiger partial charge in [-0.15, -0.1) is 0 Å². The van der Waals surface area contributed by atoms with Crippen LogP contribution in [0.3, 0.4) is 0 Å². The van der Waals surface area contributed by atoms with Crippen LogP contribution in [0.2, 0.25) is 0 Å². The summed E-state index contributed by atoms with van der Waals surface area (Å²) in [5, 5.41) is 16.4. The molecule has 1 aromatic carbocycles. The predicted molar refractivity (Wildman–Crippen MR) is 73.3 cm³/mol. The minimum atomic E-state index is -0.0293. The minimum absolute atomic E-state index is 0.0293. The molecule has 0 aliphatic rings. The Labute approximate surface area is 110 Å². The van der Waals surface area contributed by atoms with Gasteiger partial charge in [-0.2, -0.15) is 10.1 Å². The number of aromatic nitrogens is 3. The van der Waals surface area contributed by atoms with Crippen molar-refractivity contribution in [2.45, 2.75) is 6.92 Å². The van der Waals surface area contributed by atoms with Gasteiger partial charge in [-0.05, 0) is 18.4 Å². The number of ether oxygens (including phenoxy) is 1. The van der Waals surface area contributed by atoms with Crippen LogP contribution in [0.1, 0.15) is 5.69 Å². The van der Waals surface area contributed by atoms with Gasteiger partial charge in [-0.3, -0.25) is 4.68 Å². The Hall–Kier alpha value is -2.14. The topological polar surface area (TPSA) is 60.2 Å². The molecule has 0 fully saturated rings. The average molecular weight is 257 g/mol. The molecule has 1 N–H and O–H groups in total. The number of aliphatic hydroxyl groups is 1. The van der Waals surface area contributed by atoms with E-state index >= 15 is 0 Å². The van der Waals surface area contributed by atoms with Crippen molar-refractivity contribution in [3.63, 3.8) is 0 Å². The van der Waals surface area contributed by atoms with E-state index in [0.29, 0.717) is 5.88 Å². The first-order chi connectivity index (χ1) is 9.22. The molecule has 5 nitrogen and oxygen atoms in total. The number of hydrogen-bond donors (Lipinski definition) is 1. The Morgan fingerprint density at radius 2 is 2.00 bits per heavy atom. The Morgan fingerprint density at radius 3 is 2.74 bits per heavy atom. The molecule has 0 amide bonds.